The van der Waals surface area contributed by atoms with Crippen LogP contribution in [0.25, 0.3) is 0 Å². The van der Waals surface area contributed by atoms with E-state index in [1.54, 1.807) is 19.4 Å². The van der Waals surface area contributed by atoms with Gasteiger partial charge in [-0.3, -0.25) is 0 Å². The van der Waals surface area contributed by atoms with Crippen molar-refractivity contribution in [1.29, 1.82) is 0 Å². The summed E-state index contributed by atoms with van der Waals surface area (Å²) in [7, 11) is 1.60. The molecule has 2 aromatic rings. The van der Waals surface area contributed by atoms with Gasteiger partial charge >= 0.3 is 0 Å². The second kappa shape index (κ2) is 9.04. The predicted octanol–water partition coefficient (Wildman–Crippen LogP) is 4.37. The number of thiocarbonyl (C=S) groups is 1. The van der Waals surface area contributed by atoms with Gasteiger partial charge in [0.1, 0.15) is 0 Å². The molecule has 1 aliphatic heterocycles. The zero-order chi connectivity index (χ0) is 19.2. The largest absolute Gasteiger partial charge is 0.481 e. The van der Waals surface area contributed by atoms with Crippen molar-refractivity contribution in [3.63, 3.8) is 0 Å². The zero-order valence-corrected chi connectivity index (χ0v) is 17.1. The molecule has 1 fully saturated rings. The van der Waals surface area contributed by atoms with Crippen LogP contribution in [0.4, 0.5) is 11.4 Å². The maximum Gasteiger partial charge on any atom is 0.213 e. The highest BCUT2D eigenvalue weighted by molar-refractivity contribution is 7.80. The van der Waals surface area contributed by atoms with Crippen molar-refractivity contribution in [3.8, 4) is 5.88 Å². The Balaban J connectivity index is 1.53. The number of aromatic nitrogens is 1. The lowest BCUT2D eigenvalue weighted by atomic mass is 9.98. The average Bonchev–Trinajstić information content (AvgIpc) is 2.69. The van der Waals surface area contributed by atoms with E-state index >= 15 is 0 Å². The molecule has 6 heteroatoms. The summed E-state index contributed by atoms with van der Waals surface area (Å²) in [5, 5.41) is 7.05. The van der Waals surface area contributed by atoms with E-state index in [4.69, 9.17) is 17.0 Å². The van der Waals surface area contributed by atoms with E-state index in [2.05, 4.69) is 58.6 Å². The van der Waals surface area contributed by atoms with Crippen LogP contribution >= 0.6 is 12.2 Å². The van der Waals surface area contributed by atoms with E-state index < -0.39 is 0 Å². The maximum absolute atomic E-state index is 5.42. The highest BCUT2D eigenvalue weighted by atomic mass is 32.1. The van der Waals surface area contributed by atoms with E-state index in [0.717, 1.165) is 24.7 Å². The van der Waals surface area contributed by atoms with Crippen molar-refractivity contribution < 1.29 is 4.74 Å². The first-order chi connectivity index (χ1) is 13.0. The number of piperidine rings is 1. The monoisotopic (exact) mass is 384 g/mol. The van der Waals surface area contributed by atoms with E-state index in [1.165, 1.54) is 24.1 Å². The van der Waals surface area contributed by atoms with Gasteiger partial charge in [-0.25, -0.2) is 4.98 Å². The molecule has 1 aliphatic rings. The van der Waals surface area contributed by atoms with E-state index in [0.29, 0.717) is 11.0 Å². The molecule has 0 amide bonds. The fraction of sp³-hybridized carbons (Fsp3) is 0.429. The molecule has 0 bridgehead atoms. The number of anilines is 2. The van der Waals surface area contributed by atoms with Crippen LogP contribution in [0.5, 0.6) is 5.88 Å². The van der Waals surface area contributed by atoms with Gasteiger partial charge in [0.2, 0.25) is 5.88 Å². The number of hydrogen-bond donors (Lipinski definition) is 2. The van der Waals surface area contributed by atoms with Crippen LogP contribution in [0.3, 0.4) is 0 Å². The molecule has 1 aromatic heterocycles. The number of nitrogens with zero attached hydrogens (tertiary/aromatic N) is 2. The van der Waals surface area contributed by atoms with Crippen molar-refractivity contribution in [2.24, 2.45) is 5.92 Å². The van der Waals surface area contributed by atoms with E-state index in [-0.39, 0.29) is 6.04 Å². The van der Waals surface area contributed by atoms with Crippen molar-refractivity contribution >= 4 is 28.7 Å². The van der Waals surface area contributed by atoms with Crippen molar-refractivity contribution in [2.45, 2.75) is 32.7 Å². The van der Waals surface area contributed by atoms with Crippen LogP contribution in [0, 0.1) is 5.92 Å². The molecule has 2 N–H and O–H groups in total. The lowest BCUT2D eigenvalue weighted by Crippen LogP contribution is -2.33. The van der Waals surface area contributed by atoms with Gasteiger partial charge in [0.05, 0.1) is 25.0 Å². The predicted molar refractivity (Wildman–Crippen MR) is 116 cm³/mol. The summed E-state index contributed by atoms with van der Waals surface area (Å²) in [4.78, 5) is 6.65. The number of methoxy groups -OCH3 is 1. The molecule has 27 heavy (non-hydrogen) atoms. The van der Waals surface area contributed by atoms with Gasteiger partial charge in [-0.1, -0.05) is 19.1 Å². The van der Waals surface area contributed by atoms with Gasteiger partial charge in [-0.15, -0.1) is 0 Å². The normalized spacial score (nSPS) is 15.9. The van der Waals surface area contributed by atoms with Gasteiger partial charge in [-0.2, -0.15) is 0 Å². The van der Waals surface area contributed by atoms with Gasteiger partial charge < -0.3 is 20.3 Å². The Bertz CT molecular complexity index is 740. The number of benzene rings is 1. The third-order valence-corrected chi connectivity index (χ3v) is 5.31. The van der Waals surface area contributed by atoms with E-state index in [9.17, 15) is 0 Å². The molecule has 1 saturated heterocycles. The summed E-state index contributed by atoms with van der Waals surface area (Å²) in [6.07, 6.45) is 4.26. The lowest BCUT2D eigenvalue weighted by molar-refractivity contribution is 0.398. The van der Waals surface area contributed by atoms with Crippen LogP contribution < -0.4 is 20.3 Å². The Morgan fingerprint density at radius 2 is 1.89 bits per heavy atom. The Hall–Kier alpha value is -2.34. The first kappa shape index (κ1) is 19.4. The maximum atomic E-state index is 5.42. The Morgan fingerprint density at radius 1 is 1.19 bits per heavy atom. The number of rotatable bonds is 5. The minimum Gasteiger partial charge on any atom is -0.481 e. The summed E-state index contributed by atoms with van der Waals surface area (Å²) < 4.78 is 5.06. The van der Waals surface area contributed by atoms with Gasteiger partial charge in [-0.05, 0) is 61.7 Å². The molecule has 0 aliphatic carbocycles. The molecule has 5 nitrogen and oxygen atoms in total. The third-order valence-electron chi connectivity index (χ3n) is 5.09. The second-order valence-corrected chi connectivity index (χ2v) is 7.58. The zero-order valence-electron chi connectivity index (χ0n) is 16.2. The number of hydrogen-bond acceptors (Lipinski definition) is 4. The molecule has 0 saturated carbocycles. The first-order valence-electron chi connectivity index (χ1n) is 9.47. The van der Waals surface area contributed by atoms with Gasteiger partial charge in [0.15, 0.2) is 5.11 Å². The summed E-state index contributed by atoms with van der Waals surface area (Å²) in [6, 6.07) is 12.6. The topological polar surface area (TPSA) is 49.4 Å². The van der Waals surface area contributed by atoms with E-state index in [1.807, 2.05) is 6.07 Å². The molecule has 0 unspecified atom stereocenters. The summed E-state index contributed by atoms with van der Waals surface area (Å²) in [6.45, 7) is 6.75. The van der Waals surface area contributed by atoms with Crippen LogP contribution in [-0.4, -0.2) is 30.3 Å². The molecule has 0 radical (unpaired) electrons. The SMILES string of the molecule is COc1ccc(NC(=S)N[C@@H](C)c2ccc(N3CCC(C)CC3)cc2)cn1. The fourth-order valence-corrected chi connectivity index (χ4v) is 3.56. The molecule has 3 rings (SSSR count). The first-order valence-corrected chi connectivity index (χ1v) is 9.88. The molecule has 1 aromatic carbocycles. The van der Waals surface area contributed by atoms with Crippen LogP contribution in [0.15, 0.2) is 42.6 Å². The number of nitrogens with one attached hydrogen (secondary N) is 2. The fourth-order valence-electron chi connectivity index (χ4n) is 3.26. The minimum absolute atomic E-state index is 0.117. The Labute approximate surface area is 167 Å². The number of pyridine rings is 1. The molecule has 144 valence electrons. The van der Waals surface area contributed by atoms with Crippen molar-refractivity contribution in [3.05, 3.63) is 48.2 Å². The number of ether oxygens (including phenoxy) is 1. The van der Waals surface area contributed by atoms with Crippen LogP contribution in [0.1, 0.15) is 38.3 Å². The van der Waals surface area contributed by atoms with Gasteiger partial charge in [0, 0.05) is 24.8 Å². The van der Waals surface area contributed by atoms with Crippen molar-refractivity contribution in [2.75, 3.05) is 30.4 Å². The highest BCUT2D eigenvalue weighted by Gasteiger charge is 2.16. The molecule has 0 spiro atoms. The summed E-state index contributed by atoms with van der Waals surface area (Å²) >= 11 is 5.42. The molecule has 1 atom stereocenters. The lowest BCUT2D eigenvalue weighted by Gasteiger charge is -2.32. The summed E-state index contributed by atoms with van der Waals surface area (Å²) in [5.74, 6) is 1.43. The quantitative estimate of drug-likeness (QED) is 0.747. The van der Waals surface area contributed by atoms with Gasteiger partial charge in [0.25, 0.3) is 0 Å². The third kappa shape index (κ3) is 5.32. The van der Waals surface area contributed by atoms with Crippen molar-refractivity contribution in [1.82, 2.24) is 10.3 Å². The summed E-state index contributed by atoms with van der Waals surface area (Å²) in [5.41, 5.74) is 3.35. The van der Waals surface area contributed by atoms with Crippen LogP contribution in [0.2, 0.25) is 0 Å². The highest BCUT2D eigenvalue weighted by Crippen LogP contribution is 2.24. The average molecular weight is 385 g/mol. The smallest absolute Gasteiger partial charge is 0.213 e. The molecule has 2 heterocycles. The Kier molecular flexibility index (Phi) is 6.50. The Morgan fingerprint density at radius 3 is 2.48 bits per heavy atom. The molecular weight excluding hydrogens is 356 g/mol. The second-order valence-electron chi connectivity index (χ2n) is 7.17. The van der Waals surface area contributed by atoms with Crippen LogP contribution in [-0.2, 0) is 0 Å². The molecular formula is C21H28N4OS. The minimum atomic E-state index is 0.117. The standard InChI is InChI=1S/C21H28N4OS/c1-15-10-12-25(13-11-15)19-7-4-17(5-8-19)16(2)23-21(27)24-18-6-9-20(26-3)22-14-18/h4-9,14-16H,10-13H2,1-3H3,(H2,23,24,27)/t16-/m0/s1.